The lowest BCUT2D eigenvalue weighted by molar-refractivity contribution is 0.229. The van der Waals surface area contributed by atoms with Gasteiger partial charge in [0.15, 0.2) is 0 Å². The van der Waals surface area contributed by atoms with Gasteiger partial charge < -0.3 is 5.11 Å². The first-order valence-corrected chi connectivity index (χ1v) is 6.49. The first kappa shape index (κ1) is 15.7. The van der Waals surface area contributed by atoms with E-state index in [4.69, 9.17) is 5.26 Å². The SMILES string of the molecule is C=CC(O)c1ccccc1.CC(C#N)c1ccccc1. The van der Waals surface area contributed by atoms with Crippen molar-refractivity contribution in [1.82, 2.24) is 0 Å². The zero-order valence-electron chi connectivity index (χ0n) is 11.6. The van der Waals surface area contributed by atoms with Crippen molar-refractivity contribution in [2.24, 2.45) is 0 Å². The van der Waals surface area contributed by atoms with Gasteiger partial charge in [-0.15, -0.1) is 6.58 Å². The molecule has 102 valence electrons. The summed E-state index contributed by atoms with van der Waals surface area (Å²) in [6.07, 6.45) is 0.983. The Kier molecular flexibility index (Phi) is 6.81. The van der Waals surface area contributed by atoms with Gasteiger partial charge in [-0.25, -0.2) is 0 Å². The second kappa shape index (κ2) is 8.68. The van der Waals surface area contributed by atoms with Gasteiger partial charge in [-0.1, -0.05) is 66.7 Å². The van der Waals surface area contributed by atoms with E-state index in [2.05, 4.69) is 12.6 Å². The van der Waals surface area contributed by atoms with E-state index in [-0.39, 0.29) is 5.92 Å². The minimum atomic E-state index is -0.527. The fraction of sp³-hybridized carbons (Fsp3) is 0.167. The van der Waals surface area contributed by atoms with Crippen molar-refractivity contribution in [2.45, 2.75) is 18.9 Å². The van der Waals surface area contributed by atoms with E-state index in [1.807, 2.05) is 67.6 Å². The number of aliphatic hydroxyl groups excluding tert-OH is 1. The molecule has 0 radical (unpaired) electrons. The molecule has 2 aromatic rings. The maximum Gasteiger partial charge on any atom is 0.0969 e. The zero-order chi connectivity index (χ0) is 14.8. The predicted octanol–water partition coefficient (Wildman–Crippen LogP) is 4.22. The van der Waals surface area contributed by atoms with Gasteiger partial charge in [0.25, 0.3) is 0 Å². The van der Waals surface area contributed by atoms with E-state index >= 15 is 0 Å². The highest BCUT2D eigenvalue weighted by atomic mass is 16.3. The Hall–Kier alpha value is -2.37. The second-order valence-corrected chi connectivity index (χ2v) is 4.35. The summed E-state index contributed by atoms with van der Waals surface area (Å²) in [5.74, 6) is 0.0150. The molecule has 0 heterocycles. The van der Waals surface area contributed by atoms with Gasteiger partial charge in [-0.3, -0.25) is 0 Å². The summed E-state index contributed by atoms with van der Waals surface area (Å²) in [7, 11) is 0. The van der Waals surface area contributed by atoms with Crippen molar-refractivity contribution in [3.05, 3.63) is 84.4 Å². The zero-order valence-corrected chi connectivity index (χ0v) is 11.6. The van der Waals surface area contributed by atoms with Crippen LogP contribution in [0.15, 0.2) is 73.3 Å². The number of rotatable bonds is 3. The number of aliphatic hydroxyl groups is 1. The van der Waals surface area contributed by atoms with Gasteiger partial charge in [0.2, 0.25) is 0 Å². The number of benzene rings is 2. The molecule has 2 atom stereocenters. The van der Waals surface area contributed by atoms with Crippen LogP contribution in [-0.2, 0) is 0 Å². The largest absolute Gasteiger partial charge is 0.384 e. The minimum Gasteiger partial charge on any atom is -0.384 e. The van der Waals surface area contributed by atoms with Gasteiger partial charge in [0.1, 0.15) is 0 Å². The smallest absolute Gasteiger partial charge is 0.0969 e. The van der Waals surface area contributed by atoms with E-state index < -0.39 is 6.10 Å². The lowest BCUT2D eigenvalue weighted by Gasteiger charge is -2.02. The highest BCUT2D eigenvalue weighted by molar-refractivity contribution is 5.23. The normalized spacial score (nSPS) is 12.2. The van der Waals surface area contributed by atoms with Crippen molar-refractivity contribution in [2.75, 3.05) is 0 Å². The van der Waals surface area contributed by atoms with Crippen LogP contribution in [0.1, 0.15) is 30.1 Å². The van der Waals surface area contributed by atoms with Crippen molar-refractivity contribution in [1.29, 1.82) is 5.26 Å². The van der Waals surface area contributed by atoms with Gasteiger partial charge >= 0.3 is 0 Å². The third-order valence-electron chi connectivity index (χ3n) is 2.86. The molecular formula is C18H19NO. The van der Waals surface area contributed by atoms with E-state index in [9.17, 15) is 5.11 Å². The molecule has 0 spiro atoms. The minimum absolute atomic E-state index is 0.0150. The van der Waals surface area contributed by atoms with Gasteiger partial charge in [-0.05, 0) is 18.1 Å². The standard InChI is InChI=1S/C9H9N.C9H10O/c1-8(7-10)9-5-3-2-4-6-9;1-2-9(10)8-6-4-3-5-7-8/h2-6,8H,1H3;2-7,9-10H,1H2. The van der Waals surface area contributed by atoms with E-state index in [0.29, 0.717) is 0 Å². The van der Waals surface area contributed by atoms with Crippen molar-refractivity contribution in [3.8, 4) is 6.07 Å². The van der Waals surface area contributed by atoms with Crippen LogP contribution < -0.4 is 0 Å². The number of nitriles is 1. The van der Waals surface area contributed by atoms with Crippen LogP contribution in [0.25, 0.3) is 0 Å². The third-order valence-corrected chi connectivity index (χ3v) is 2.86. The Morgan fingerprint density at radius 1 is 1.00 bits per heavy atom. The highest BCUT2D eigenvalue weighted by Crippen LogP contribution is 2.12. The Morgan fingerprint density at radius 2 is 1.45 bits per heavy atom. The molecule has 0 saturated carbocycles. The molecule has 2 unspecified atom stereocenters. The average molecular weight is 265 g/mol. The Balaban J connectivity index is 0.000000200. The summed E-state index contributed by atoms with van der Waals surface area (Å²) < 4.78 is 0. The first-order chi connectivity index (χ1) is 9.69. The molecule has 20 heavy (non-hydrogen) atoms. The fourth-order valence-corrected chi connectivity index (χ4v) is 1.60. The molecule has 0 amide bonds. The Labute approximate surface area is 120 Å². The molecule has 1 N–H and O–H groups in total. The summed E-state index contributed by atoms with van der Waals surface area (Å²) in [4.78, 5) is 0. The molecule has 0 saturated heterocycles. The summed E-state index contributed by atoms with van der Waals surface area (Å²) in [6.45, 7) is 5.39. The molecule has 0 bridgehead atoms. The second-order valence-electron chi connectivity index (χ2n) is 4.35. The highest BCUT2D eigenvalue weighted by Gasteiger charge is 1.99. The monoisotopic (exact) mass is 265 g/mol. The van der Waals surface area contributed by atoms with E-state index in [1.165, 1.54) is 6.08 Å². The van der Waals surface area contributed by atoms with Crippen molar-refractivity contribution in [3.63, 3.8) is 0 Å². The number of hydrogen-bond donors (Lipinski definition) is 1. The van der Waals surface area contributed by atoms with Crippen molar-refractivity contribution >= 4 is 0 Å². The average Bonchev–Trinajstić information content (AvgIpc) is 2.55. The molecule has 2 aromatic carbocycles. The van der Waals surface area contributed by atoms with Crippen LogP contribution in [-0.4, -0.2) is 5.11 Å². The van der Waals surface area contributed by atoms with Crippen LogP contribution in [0.5, 0.6) is 0 Å². The fourth-order valence-electron chi connectivity index (χ4n) is 1.60. The van der Waals surface area contributed by atoms with Crippen LogP contribution in [0.2, 0.25) is 0 Å². The predicted molar refractivity (Wildman–Crippen MR) is 82.1 cm³/mol. The summed E-state index contributed by atoms with van der Waals surface area (Å²) in [5, 5.41) is 17.7. The summed E-state index contributed by atoms with van der Waals surface area (Å²) in [5.41, 5.74) is 1.97. The molecule has 0 aromatic heterocycles. The van der Waals surface area contributed by atoms with E-state index in [0.717, 1.165) is 11.1 Å². The molecule has 0 aliphatic heterocycles. The molecule has 2 nitrogen and oxygen atoms in total. The molecule has 2 heteroatoms. The van der Waals surface area contributed by atoms with E-state index in [1.54, 1.807) is 0 Å². The number of hydrogen-bond acceptors (Lipinski definition) is 2. The molecule has 0 aliphatic carbocycles. The van der Waals surface area contributed by atoms with Crippen molar-refractivity contribution < 1.29 is 5.11 Å². The molecule has 0 fully saturated rings. The maximum atomic E-state index is 9.21. The maximum absolute atomic E-state index is 9.21. The summed E-state index contributed by atoms with van der Waals surface area (Å²) in [6, 6.07) is 21.4. The summed E-state index contributed by atoms with van der Waals surface area (Å²) >= 11 is 0. The van der Waals surface area contributed by atoms with Gasteiger partial charge in [-0.2, -0.15) is 5.26 Å². The first-order valence-electron chi connectivity index (χ1n) is 6.49. The van der Waals surface area contributed by atoms with Gasteiger partial charge in [0.05, 0.1) is 18.1 Å². The van der Waals surface area contributed by atoms with Crippen LogP contribution >= 0.6 is 0 Å². The lowest BCUT2D eigenvalue weighted by Crippen LogP contribution is -1.90. The third kappa shape index (κ3) is 5.09. The lowest BCUT2D eigenvalue weighted by atomic mass is 10.0. The quantitative estimate of drug-likeness (QED) is 0.844. The van der Waals surface area contributed by atoms with Crippen LogP contribution in [0, 0.1) is 11.3 Å². The number of nitrogens with zero attached hydrogens (tertiary/aromatic N) is 1. The molecule has 0 aliphatic rings. The van der Waals surface area contributed by atoms with Crippen LogP contribution in [0.4, 0.5) is 0 Å². The van der Waals surface area contributed by atoms with Crippen LogP contribution in [0.3, 0.4) is 0 Å². The Bertz CT molecular complexity index is 543. The topological polar surface area (TPSA) is 44.0 Å². The Morgan fingerprint density at radius 3 is 1.85 bits per heavy atom. The molecular weight excluding hydrogens is 246 g/mol. The van der Waals surface area contributed by atoms with Gasteiger partial charge in [0, 0.05) is 0 Å². The molecule has 2 rings (SSSR count).